The smallest absolute Gasteiger partial charge is 0.311 e. The summed E-state index contributed by atoms with van der Waals surface area (Å²) in [6.45, 7) is 5.09. The Morgan fingerprint density at radius 2 is 1.96 bits per heavy atom. The summed E-state index contributed by atoms with van der Waals surface area (Å²) in [7, 11) is 0. The molecule has 2 rings (SSSR count). The van der Waals surface area contributed by atoms with E-state index in [1.807, 2.05) is 38.1 Å². The van der Waals surface area contributed by atoms with Crippen LogP contribution in [0.15, 0.2) is 24.3 Å². The zero-order valence-corrected chi connectivity index (χ0v) is 13.8. The van der Waals surface area contributed by atoms with Crippen molar-refractivity contribution in [3.63, 3.8) is 0 Å². The molecule has 0 aromatic heterocycles. The van der Waals surface area contributed by atoms with Crippen molar-refractivity contribution < 1.29 is 19.4 Å². The number of hydrogen-bond acceptors (Lipinski definition) is 3. The van der Waals surface area contributed by atoms with Crippen molar-refractivity contribution in [1.82, 2.24) is 5.32 Å². The second kappa shape index (κ2) is 7.59. The van der Waals surface area contributed by atoms with Crippen LogP contribution in [0.2, 0.25) is 0 Å². The van der Waals surface area contributed by atoms with Crippen LogP contribution in [0.25, 0.3) is 0 Å². The first-order chi connectivity index (χ1) is 10.9. The summed E-state index contributed by atoms with van der Waals surface area (Å²) in [6.07, 6.45) is 1.24. The number of nitrogens with one attached hydrogen (secondary N) is 1. The van der Waals surface area contributed by atoms with Crippen LogP contribution in [0.5, 0.6) is 0 Å². The molecule has 2 N–H and O–H groups in total. The van der Waals surface area contributed by atoms with Crippen molar-refractivity contribution >= 4 is 11.9 Å². The number of hydrogen-bond donors (Lipinski definition) is 2. The quantitative estimate of drug-likeness (QED) is 0.844. The summed E-state index contributed by atoms with van der Waals surface area (Å²) >= 11 is 0. The molecule has 0 saturated carbocycles. The fourth-order valence-corrected chi connectivity index (χ4v) is 3.10. The number of benzene rings is 1. The van der Waals surface area contributed by atoms with E-state index >= 15 is 0 Å². The standard InChI is InChI=1S/C18H25NO4/c1-13-5-3-4-6-15(13)14(2)11-16(20)19-12-18(17(21)22)7-9-23-10-8-18/h3-6,14H,7-12H2,1-2H3,(H,19,20)(H,21,22). The summed E-state index contributed by atoms with van der Waals surface area (Å²) in [5.41, 5.74) is 1.43. The zero-order valence-electron chi connectivity index (χ0n) is 13.8. The average Bonchev–Trinajstić information content (AvgIpc) is 2.54. The number of carboxylic acids is 1. The van der Waals surface area contributed by atoms with Crippen LogP contribution in [0.3, 0.4) is 0 Å². The summed E-state index contributed by atoms with van der Waals surface area (Å²) in [5, 5.41) is 12.3. The second-order valence-electron chi connectivity index (χ2n) is 6.44. The average molecular weight is 319 g/mol. The topological polar surface area (TPSA) is 75.6 Å². The Kier molecular flexibility index (Phi) is 5.77. The van der Waals surface area contributed by atoms with Gasteiger partial charge in [0.2, 0.25) is 5.91 Å². The predicted octanol–water partition coefficient (Wildman–Crippen LogP) is 2.49. The molecule has 23 heavy (non-hydrogen) atoms. The number of aliphatic carboxylic acids is 1. The Labute approximate surface area is 137 Å². The number of carboxylic acid groups (broad SMARTS) is 1. The van der Waals surface area contributed by atoms with Gasteiger partial charge >= 0.3 is 5.97 Å². The summed E-state index contributed by atoms with van der Waals surface area (Å²) < 4.78 is 5.24. The van der Waals surface area contributed by atoms with Crippen molar-refractivity contribution in [2.45, 2.75) is 39.0 Å². The lowest BCUT2D eigenvalue weighted by Gasteiger charge is -2.33. The molecule has 1 aromatic carbocycles. The molecular formula is C18H25NO4. The van der Waals surface area contributed by atoms with Gasteiger partial charge in [-0.25, -0.2) is 0 Å². The molecule has 1 unspecified atom stereocenters. The van der Waals surface area contributed by atoms with Gasteiger partial charge in [0.05, 0.1) is 5.41 Å². The third-order valence-corrected chi connectivity index (χ3v) is 4.74. The molecule has 5 heteroatoms. The summed E-state index contributed by atoms with van der Waals surface area (Å²) in [5.74, 6) is -0.854. The van der Waals surface area contributed by atoms with E-state index in [1.54, 1.807) is 0 Å². The van der Waals surface area contributed by atoms with Gasteiger partial charge in [-0.1, -0.05) is 31.2 Å². The van der Waals surface area contributed by atoms with Crippen molar-refractivity contribution in [1.29, 1.82) is 0 Å². The van der Waals surface area contributed by atoms with Crippen LogP contribution in [-0.2, 0) is 14.3 Å². The minimum absolute atomic E-state index is 0.103. The molecule has 1 fully saturated rings. The lowest BCUT2D eigenvalue weighted by Crippen LogP contribution is -2.46. The van der Waals surface area contributed by atoms with Crippen LogP contribution in [0.1, 0.15) is 43.2 Å². The molecule has 1 amide bonds. The first-order valence-corrected chi connectivity index (χ1v) is 8.08. The van der Waals surface area contributed by atoms with Crippen molar-refractivity contribution in [2.24, 2.45) is 5.41 Å². The molecule has 0 aliphatic carbocycles. The Balaban J connectivity index is 1.91. The maximum absolute atomic E-state index is 12.2. The maximum atomic E-state index is 12.2. The highest BCUT2D eigenvalue weighted by Gasteiger charge is 2.40. The van der Waals surface area contributed by atoms with Crippen molar-refractivity contribution in [3.05, 3.63) is 35.4 Å². The van der Waals surface area contributed by atoms with Gasteiger partial charge in [-0.15, -0.1) is 0 Å². The maximum Gasteiger partial charge on any atom is 0.311 e. The number of carbonyl (C=O) groups is 2. The van der Waals surface area contributed by atoms with E-state index < -0.39 is 11.4 Å². The summed E-state index contributed by atoms with van der Waals surface area (Å²) in [6, 6.07) is 8.02. The highest BCUT2D eigenvalue weighted by atomic mass is 16.5. The van der Waals surface area contributed by atoms with Gasteiger partial charge in [0, 0.05) is 26.2 Å². The summed E-state index contributed by atoms with van der Waals surface area (Å²) in [4.78, 5) is 23.8. The SMILES string of the molecule is Cc1ccccc1C(C)CC(=O)NCC1(C(=O)O)CCOCC1. The minimum Gasteiger partial charge on any atom is -0.481 e. The van der Waals surface area contributed by atoms with Crippen molar-refractivity contribution in [2.75, 3.05) is 19.8 Å². The highest BCUT2D eigenvalue weighted by Crippen LogP contribution is 2.30. The van der Waals surface area contributed by atoms with E-state index in [4.69, 9.17) is 4.74 Å². The molecule has 0 spiro atoms. The number of amides is 1. The van der Waals surface area contributed by atoms with Crippen LogP contribution in [-0.4, -0.2) is 36.7 Å². The Morgan fingerprint density at radius 3 is 2.57 bits per heavy atom. The molecular weight excluding hydrogens is 294 g/mol. The van der Waals surface area contributed by atoms with E-state index in [-0.39, 0.29) is 18.4 Å². The fourth-order valence-electron chi connectivity index (χ4n) is 3.10. The molecule has 1 atom stereocenters. The van der Waals surface area contributed by atoms with E-state index in [2.05, 4.69) is 5.32 Å². The lowest BCUT2D eigenvalue weighted by molar-refractivity contribution is -0.154. The van der Waals surface area contributed by atoms with E-state index in [1.165, 1.54) is 5.56 Å². The number of ether oxygens (including phenoxy) is 1. The van der Waals surface area contributed by atoms with Gasteiger partial charge in [-0.3, -0.25) is 9.59 Å². The van der Waals surface area contributed by atoms with Gasteiger partial charge in [0.15, 0.2) is 0 Å². The molecule has 0 bridgehead atoms. The van der Waals surface area contributed by atoms with Crippen LogP contribution in [0.4, 0.5) is 0 Å². The van der Waals surface area contributed by atoms with E-state index in [0.717, 1.165) is 5.56 Å². The second-order valence-corrected chi connectivity index (χ2v) is 6.44. The normalized spacial score (nSPS) is 18.2. The van der Waals surface area contributed by atoms with E-state index in [9.17, 15) is 14.7 Å². The van der Waals surface area contributed by atoms with Gasteiger partial charge in [-0.2, -0.15) is 0 Å². The third kappa shape index (κ3) is 4.32. The van der Waals surface area contributed by atoms with Gasteiger partial charge in [0.25, 0.3) is 0 Å². The number of carbonyl (C=O) groups excluding carboxylic acids is 1. The number of aryl methyl sites for hydroxylation is 1. The molecule has 1 aliphatic heterocycles. The van der Waals surface area contributed by atoms with Crippen molar-refractivity contribution in [3.8, 4) is 0 Å². The van der Waals surface area contributed by atoms with Crippen LogP contribution < -0.4 is 5.32 Å². The Hall–Kier alpha value is -1.88. The highest BCUT2D eigenvalue weighted by molar-refractivity contribution is 5.79. The Bertz CT molecular complexity index is 564. The first-order valence-electron chi connectivity index (χ1n) is 8.08. The molecule has 0 radical (unpaired) electrons. The minimum atomic E-state index is -0.889. The lowest BCUT2D eigenvalue weighted by atomic mass is 9.80. The molecule has 1 saturated heterocycles. The predicted molar refractivity (Wildman–Crippen MR) is 87.3 cm³/mol. The van der Waals surface area contributed by atoms with Crippen LogP contribution >= 0.6 is 0 Å². The largest absolute Gasteiger partial charge is 0.481 e. The molecule has 1 aromatic rings. The first kappa shape index (κ1) is 17.5. The zero-order chi connectivity index (χ0) is 16.9. The van der Waals surface area contributed by atoms with Gasteiger partial charge in [-0.05, 0) is 36.8 Å². The number of rotatable bonds is 6. The molecule has 5 nitrogen and oxygen atoms in total. The van der Waals surface area contributed by atoms with Gasteiger partial charge < -0.3 is 15.2 Å². The molecule has 126 valence electrons. The molecule has 1 heterocycles. The Morgan fingerprint density at radius 1 is 1.30 bits per heavy atom. The monoisotopic (exact) mass is 319 g/mol. The fraction of sp³-hybridized carbons (Fsp3) is 0.556. The van der Waals surface area contributed by atoms with Gasteiger partial charge in [0.1, 0.15) is 0 Å². The molecule has 1 aliphatic rings. The third-order valence-electron chi connectivity index (χ3n) is 4.74. The van der Waals surface area contributed by atoms with E-state index in [0.29, 0.717) is 32.5 Å². The van der Waals surface area contributed by atoms with Crippen LogP contribution in [0, 0.1) is 12.3 Å².